The Hall–Kier alpha value is -2.01. The highest BCUT2D eigenvalue weighted by atomic mass is 35.5. The number of halogens is 1. The lowest BCUT2D eigenvalue weighted by atomic mass is 9.96. The molecule has 0 unspecified atom stereocenters. The lowest BCUT2D eigenvalue weighted by molar-refractivity contribution is -0.128. The number of para-hydroxylation sites is 1. The van der Waals surface area contributed by atoms with Gasteiger partial charge in [0.15, 0.2) is 0 Å². The molecule has 0 aliphatic carbocycles. The van der Waals surface area contributed by atoms with Crippen molar-refractivity contribution in [3.8, 4) is 0 Å². The molecule has 5 nitrogen and oxygen atoms in total. The Labute approximate surface area is 152 Å². The third kappa shape index (κ3) is 3.66. The molecule has 2 heterocycles. The van der Waals surface area contributed by atoms with Crippen molar-refractivity contribution in [2.45, 2.75) is 33.2 Å². The number of aryl methyl sites for hydroxylation is 1. The molecular weight excluding hydrogens is 338 g/mol. The van der Waals surface area contributed by atoms with Crippen molar-refractivity contribution in [2.24, 2.45) is 12.5 Å². The highest BCUT2D eigenvalue weighted by Crippen LogP contribution is 2.26. The Morgan fingerprint density at radius 3 is 2.72 bits per heavy atom. The number of rotatable bonds is 3. The van der Waals surface area contributed by atoms with Crippen LogP contribution in [0.3, 0.4) is 0 Å². The smallest absolute Gasteiger partial charge is 0.268 e. The number of fused-ring (bicyclic) bond motifs is 1. The number of likely N-dealkylation sites (tertiary alicyclic amines) is 1. The van der Waals surface area contributed by atoms with Gasteiger partial charge in [-0.05, 0) is 17.5 Å². The predicted molar refractivity (Wildman–Crippen MR) is 99.8 cm³/mol. The molecular formula is C19H24ClN3O2. The molecule has 1 fully saturated rings. The van der Waals surface area contributed by atoms with Crippen LogP contribution >= 0.6 is 11.6 Å². The van der Waals surface area contributed by atoms with Crippen LogP contribution in [0.4, 0.5) is 0 Å². The van der Waals surface area contributed by atoms with Crippen molar-refractivity contribution in [3.63, 3.8) is 0 Å². The summed E-state index contributed by atoms with van der Waals surface area (Å²) in [5, 5.41) is 4.54. The van der Waals surface area contributed by atoms with E-state index in [0.29, 0.717) is 30.2 Å². The van der Waals surface area contributed by atoms with Crippen LogP contribution in [0.25, 0.3) is 10.9 Å². The van der Waals surface area contributed by atoms with E-state index >= 15 is 0 Å². The summed E-state index contributed by atoms with van der Waals surface area (Å²) in [4.78, 5) is 26.7. The lowest BCUT2D eigenvalue weighted by Crippen LogP contribution is -2.39. The zero-order valence-electron chi connectivity index (χ0n) is 15.1. The number of amides is 2. The fourth-order valence-corrected chi connectivity index (χ4v) is 3.75. The van der Waals surface area contributed by atoms with Crippen LogP contribution < -0.4 is 5.32 Å². The minimum atomic E-state index is -0.176. The molecule has 1 atom stereocenters. The zero-order valence-corrected chi connectivity index (χ0v) is 15.9. The van der Waals surface area contributed by atoms with Crippen molar-refractivity contribution >= 4 is 34.3 Å². The first-order chi connectivity index (χ1) is 11.7. The molecule has 2 amide bonds. The highest BCUT2D eigenvalue weighted by Gasteiger charge is 2.33. The minimum absolute atomic E-state index is 0.0428. The van der Waals surface area contributed by atoms with E-state index in [0.717, 1.165) is 10.9 Å². The van der Waals surface area contributed by atoms with Crippen LogP contribution in [0.15, 0.2) is 24.3 Å². The number of nitrogens with one attached hydrogen (secondary N) is 1. The number of aromatic nitrogens is 1. The highest BCUT2D eigenvalue weighted by molar-refractivity contribution is 6.35. The van der Waals surface area contributed by atoms with E-state index in [-0.39, 0.29) is 23.3 Å². The van der Waals surface area contributed by atoms with Crippen LogP contribution in [0.5, 0.6) is 0 Å². The van der Waals surface area contributed by atoms with Gasteiger partial charge in [0, 0.05) is 31.9 Å². The quantitative estimate of drug-likeness (QED) is 0.912. The summed E-state index contributed by atoms with van der Waals surface area (Å²) in [5.41, 5.74) is 1.43. The van der Waals surface area contributed by atoms with Crippen molar-refractivity contribution in [2.75, 3.05) is 13.1 Å². The SMILES string of the molecule is Cn1c(C(=O)N[C@@H]2CC(=O)N(CC(C)(C)C)C2)cc2cccc(Cl)c21. The maximum Gasteiger partial charge on any atom is 0.268 e. The number of hydrogen-bond acceptors (Lipinski definition) is 2. The summed E-state index contributed by atoms with van der Waals surface area (Å²) in [7, 11) is 1.83. The number of nitrogens with zero attached hydrogens (tertiary/aromatic N) is 2. The van der Waals surface area contributed by atoms with Crippen LogP contribution in [-0.2, 0) is 11.8 Å². The Morgan fingerprint density at radius 2 is 2.08 bits per heavy atom. The Balaban J connectivity index is 1.74. The molecule has 0 saturated carbocycles. The van der Waals surface area contributed by atoms with Gasteiger partial charge in [0.05, 0.1) is 16.6 Å². The second kappa shape index (κ2) is 6.37. The van der Waals surface area contributed by atoms with E-state index in [1.54, 1.807) is 4.57 Å². The first kappa shape index (κ1) is 17.8. The monoisotopic (exact) mass is 361 g/mol. The molecule has 3 rings (SSSR count). The molecule has 1 aromatic heterocycles. The van der Waals surface area contributed by atoms with Gasteiger partial charge in [-0.3, -0.25) is 9.59 Å². The maximum atomic E-state index is 12.7. The van der Waals surface area contributed by atoms with Gasteiger partial charge in [-0.2, -0.15) is 0 Å². The topological polar surface area (TPSA) is 54.3 Å². The summed E-state index contributed by atoms with van der Waals surface area (Å²) in [6, 6.07) is 7.29. The van der Waals surface area contributed by atoms with Crippen molar-refractivity contribution < 1.29 is 9.59 Å². The van der Waals surface area contributed by atoms with Crippen LogP contribution in [0.2, 0.25) is 5.02 Å². The molecule has 1 saturated heterocycles. The molecule has 0 spiro atoms. The fraction of sp³-hybridized carbons (Fsp3) is 0.474. The number of benzene rings is 1. The van der Waals surface area contributed by atoms with Gasteiger partial charge in [0.2, 0.25) is 5.91 Å². The fourth-order valence-electron chi connectivity index (χ4n) is 3.44. The Bertz CT molecular complexity index is 835. The summed E-state index contributed by atoms with van der Waals surface area (Å²) in [6.07, 6.45) is 0.354. The van der Waals surface area contributed by atoms with Gasteiger partial charge in [0.1, 0.15) is 5.69 Å². The van der Waals surface area contributed by atoms with Gasteiger partial charge in [-0.1, -0.05) is 44.5 Å². The predicted octanol–water partition coefficient (Wildman–Crippen LogP) is 3.21. The van der Waals surface area contributed by atoms with E-state index in [1.165, 1.54) is 0 Å². The van der Waals surface area contributed by atoms with E-state index in [2.05, 4.69) is 26.1 Å². The number of hydrogen-bond donors (Lipinski definition) is 1. The van der Waals surface area contributed by atoms with Crippen molar-refractivity contribution in [1.29, 1.82) is 0 Å². The second-order valence-corrected chi connectivity index (χ2v) is 8.38. The third-order valence-corrected chi connectivity index (χ3v) is 4.76. The lowest BCUT2D eigenvalue weighted by Gasteiger charge is -2.26. The Kier molecular flexibility index (Phi) is 4.54. The average molecular weight is 362 g/mol. The first-order valence-corrected chi connectivity index (χ1v) is 8.86. The molecule has 6 heteroatoms. The third-order valence-electron chi connectivity index (χ3n) is 4.45. The van der Waals surface area contributed by atoms with Gasteiger partial charge in [-0.15, -0.1) is 0 Å². The van der Waals surface area contributed by atoms with Crippen LogP contribution in [-0.4, -0.2) is 40.4 Å². The van der Waals surface area contributed by atoms with E-state index in [1.807, 2.05) is 36.2 Å². The number of carbonyl (C=O) groups is 2. The molecule has 134 valence electrons. The number of carbonyl (C=O) groups excluding carboxylic acids is 2. The summed E-state index contributed by atoms with van der Waals surface area (Å²) < 4.78 is 1.80. The van der Waals surface area contributed by atoms with Gasteiger partial charge < -0.3 is 14.8 Å². The maximum absolute atomic E-state index is 12.7. The molecule has 1 aromatic carbocycles. The minimum Gasteiger partial charge on any atom is -0.346 e. The van der Waals surface area contributed by atoms with E-state index < -0.39 is 0 Å². The molecule has 1 aliphatic heterocycles. The zero-order chi connectivity index (χ0) is 18.4. The van der Waals surface area contributed by atoms with Gasteiger partial charge in [-0.25, -0.2) is 0 Å². The summed E-state index contributed by atoms with van der Waals surface area (Å²) in [5.74, 6) is -0.0783. The normalized spacial score (nSPS) is 18.2. The summed E-state index contributed by atoms with van der Waals surface area (Å²) >= 11 is 6.25. The van der Waals surface area contributed by atoms with E-state index in [4.69, 9.17) is 11.6 Å². The molecule has 2 aromatic rings. The second-order valence-electron chi connectivity index (χ2n) is 7.98. The van der Waals surface area contributed by atoms with E-state index in [9.17, 15) is 9.59 Å². The largest absolute Gasteiger partial charge is 0.346 e. The average Bonchev–Trinajstić information content (AvgIpc) is 2.99. The molecule has 25 heavy (non-hydrogen) atoms. The first-order valence-electron chi connectivity index (χ1n) is 8.48. The Morgan fingerprint density at radius 1 is 1.36 bits per heavy atom. The molecule has 1 aliphatic rings. The molecule has 0 bridgehead atoms. The molecule has 1 N–H and O–H groups in total. The van der Waals surface area contributed by atoms with Gasteiger partial charge >= 0.3 is 0 Å². The summed E-state index contributed by atoms with van der Waals surface area (Å²) in [6.45, 7) is 7.57. The van der Waals surface area contributed by atoms with Gasteiger partial charge in [0.25, 0.3) is 5.91 Å². The standard InChI is InChI=1S/C19H24ClN3O2/c1-19(2,3)11-23-10-13(9-16(23)24)21-18(25)15-8-12-6-5-7-14(20)17(12)22(15)4/h5-8,13H,9-11H2,1-4H3,(H,21,25)/t13-/m1/s1. The van der Waals surface area contributed by atoms with Crippen molar-refractivity contribution in [1.82, 2.24) is 14.8 Å². The van der Waals surface area contributed by atoms with Crippen molar-refractivity contribution in [3.05, 3.63) is 35.0 Å². The molecule has 0 radical (unpaired) electrons. The van der Waals surface area contributed by atoms with Crippen LogP contribution in [0.1, 0.15) is 37.7 Å². The van der Waals surface area contributed by atoms with Crippen LogP contribution in [0, 0.1) is 5.41 Å².